The highest BCUT2D eigenvalue weighted by Gasteiger charge is 2.22. The smallest absolute Gasteiger partial charge is 0.284 e. The molecule has 2 aromatic rings. The van der Waals surface area contributed by atoms with E-state index in [1.165, 1.54) is 17.8 Å². The number of hydrogen-bond acceptors (Lipinski definition) is 6. The molecule has 3 rings (SSSR count). The molecule has 0 unspecified atom stereocenters. The molecule has 27 heavy (non-hydrogen) atoms. The van der Waals surface area contributed by atoms with Crippen LogP contribution in [0.4, 0.5) is 5.69 Å². The number of nitro groups is 1. The summed E-state index contributed by atoms with van der Waals surface area (Å²) in [5.41, 5.74) is -0.0672. The number of nitrogens with zero attached hydrogens (tertiary/aromatic N) is 5. The van der Waals surface area contributed by atoms with Crippen LogP contribution in [0.15, 0.2) is 28.3 Å². The Hall–Kier alpha value is -2.13. The fourth-order valence-electron chi connectivity index (χ4n) is 3.02. The van der Waals surface area contributed by atoms with Gasteiger partial charge >= 0.3 is 0 Å². The third kappa shape index (κ3) is 4.59. The summed E-state index contributed by atoms with van der Waals surface area (Å²) in [6.07, 6.45) is 3.55. The van der Waals surface area contributed by atoms with Crippen LogP contribution in [0.3, 0.4) is 0 Å². The van der Waals surface area contributed by atoms with Crippen molar-refractivity contribution in [2.24, 2.45) is 0 Å². The minimum Gasteiger partial charge on any atom is -0.335 e. The minimum absolute atomic E-state index is 0.0672. The average molecular weight is 410 g/mol. The fraction of sp³-hybridized carbons (Fsp3) is 0.471. The first-order chi connectivity index (χ1) is 13.0. The summed E-state index contributed by atoms with van der Waals surface area (Å²) in [5, 5.41) is 20.6. The highest BCUT2D eigenvalue weighted by molar-refractivity contribution is 7.99. The van der Waals surface area contributed by atoms with Crippen molar-refractivity contribution in [2.45, 2.75) is 55.7 Å². The SMILES string of the molecule is CCn1c(CN2CCCCCC2=O)nnc1Sc1ccc(Cl)cc1[N+](=O)[O-]. The molecule has 8 nitrogen and oxygen atoms in total. The number of likely N-dealkylation sites (tertiary alicyclic amines) is 1. The second kappa shape index (κ2) is 8.71. The molecular weight excluding hydrogens is 390 g/mol. The lowest BCUT2D eigenvalue weighted by atomic mass is 10.2. The van der Waals surface area contributed by atoms with E-state index in [0.29, 0.717) is 40.4 Å². The van der Waals surface area contributed by atoms with Gasteiger partial charge in [-0.15, -0.1) is 10.2 Å². The van der Waals surface area contributed by atoms with Gasteiger partial charge < -0.3 is 9.47 Å². The molecule has 0 spiro atoms. The van der Waals surface area contributed by atoms with E-state index >= 15 is 0 Å². The molecule has 1 aliphatic heterocycles. The van der Waals surface area contributed by atoms with Crippen LogP contribution in [0.1, 0.15) is 38.4 Å². The molecule has 0 N–H and O–H groups in total. The monoisotopic (exact) mass is 409 g/mol. The van der Waals surface area contributed by atoms with Crippen molar-refractivity contribution in [3.63, 3.8) is 0 Å². The highest BCUT2D eigenvalue weighted by Crippen LogP contribution is 2.35. The van der Waals surface area contributed by atoms with Gasteiger partial charge in [0.25, 0.3) is 5.69 Å². The van der Waals surface area contributed by atoms with Crippen LogP contribution in [-0.2, 0) is 17.9 Å². The van der Waals surface area contributed by atoms with Crippen molar-refractivity contribution in [1.82, 2.24) is 19.7 Å². The second-order valence-corrected chi connectivity index (χ2v) is 7.69. The number of rotatable bonds is 6. The zero-order valence-electron chi connectivity index (χ0n) is 14.9. The number of hydrogen-bond donors (Lipinski definition) is 0. The first-order valence-corrected chi connectivity index (χ1v) is 10.0. The van der Waals surface area contributed by atoms with E-state index in [-0.39, 0.29) is 11.6 Å². The van der Waals surface area contributed by atoms with Crippen LogP contribution in [0.2, 0.25) is 5.02 Å². The standard InChI is InChI=1S/C17H20ClN5O3S/c1-2-22-15(11-21-9-5-3-4-6-16(21)24)19-20-17(22)27-14-8-7-12(18)10-13(14)23(25)26/h7-8,10H,2-6,9,11H2,1H3. The van der Waals surface area contributed by atoms with E-state index in [9.17, 15) is 14.9 Å². The minimum atomic E-state index is -0.461. The molecular formula is C17H20ClN5O3S. The molecule has 0 radical (unpaired) electrons. The number of aromatic nitrogens is 3. The number of carbonyl (C=O) groups is 1. The maximum atomic E-state index is 12.2. The van der Waals surface area contributed by atoms with Gasteiger partial charge in [-0.25, -0.2) is 0 Å². The van der Waals surface area contributed by atoms with Gasteiger partial charge in [0.05, 0.1) is 16.4 Å². The van der Waals surface area contributed by atoms with Gasteiger partial charge in [-0.1, -0.05) is 18.0 Å². The quantitative estimate of drug-likeness (QED) is 0.530. The molecule has 144 valence electrons. The molecule has 1 aromatic heterocycles. The van der Waals surface area contributed by atoms with Crippen molar-refractivity contribution < 1.29 is 9.72 Å². The number of halogens is 1. The Kier molecular flexibility index (Phi) is 6.33. The third-order valence-electron chi connectivity index (χ3n) is 4.43. The summed E-state index contributed by atoms with van der Waals surface area (Å²) in [6.45, 7) is 3.69. The first-order valence-electron chi connectivity index (χ1n) is 8.81. The van der Waals surface area contributed by atoms with Crippen LogP contribution in [0.5, 0.6) is 0 Å². The summed E-state index contributed by atoms with van der Waals surface area (Å²) < 4.78 is 1.89. The van der Waals surface area contributed by atoms with E-state index in [4.69, 9.17) is 11.6 Å². The van der Waals surface area contributed by atoms with Crippen molar-refractivity contribution in [2.75, 3.05) is 6.54 Å². The summed E-state index contributed by atoms with van der Waals surface area (Å²) in [4.78, 5) is 25.4. The summed E-state index contributed by atoms with van der Waals surface area (Å²) in [5.74, 6) is 0.826. The lowest BCUT2D eigenvalue weighted by molar-refractivity contribution is -0.387. The van der Waals surface area contributed by atoms with E-state index in [1.807, 2.05) is 16.4 Å². The van der Waals surface area contributed by atoms with Crippen LogP contribution >= 0.6 is 23.4 Å². The Morgan fingerprint density at radius 1 is 1.30 bits per heavy atom. The zero-order valence-corrected chi connectivity index (χ0v) is 16.5. The predicted molar refractivity (Wildman–Crippen MR) is 102 cm³/mol. The number of carbonyl (C=O) groups excluding carboxylic acids is 1. The topological polar surface area (TPSA) is 94.2 Å². The highest BCUT2D eigenvalue weighted by atomic mass is 35.5. The molecule has 0 aliphatic carbocycles. The number of amides is 1. The largest absolute Gasteiger partial charge is 0.335 e. The maximum Gasteiger partial charge on any atom is 0.284 e. The van der Waals surface area contributed by atoms with Gasteiger partial charge in [0.1, 0.15) is 0 Å². The molecule has 1 amide bonds. The van der Waals surface area contributed by atoms with Gasteiger partial charge in [0, 0.05) is 30.6 Å². The maximum absolute atomic E-state index is 12.2. The lowest BCUT2D eigenvalue weighted by Gasteiger charge is -2.20. The Labute approximate surface area is 166 Å². The average Bonchev–Trinajstić information content (AvgIpc) is 2.90. The Morgan fingerprint density at radius 2 is 2.11 bits per heavy atom. The fourth-order valence-corrected chi connectivity index (χ4v) is 4.19. The summed E-state index contributed by atoms with van der Waals surface area (Å²) >= 11 is 7.05. The van der Waals surface area contributed by atoms with E-state index < -0.39 is 4.92 Å². The molecule has 0 atom stereocenters. The number of nitro benzene ring substituents is 1. The molecule has 0 bridgehead atoms. The lowest BCUT2D eigenvalue weighted by Crippen LogP contribution is -2.31. The molecule has 2 heterocycles. The van der Waals surface area contributed by atoms with Crippen molar-refractivity contribution in [1.29, 1.82) is 0 Å². The Morgan fingerprint density at radius 3 is 2.85 bits per heavy atom. The van der Waals surface area contributed by atoms with Gasteiger partial charge in [0.15, 0.2) is 11.0 Å². The van der Waals surface area contributed by atoms with Crippen LogP contribution in [0.25, 0.3) is 0 Å². The van der Waals surface area contributed by atoms with Gasteiger partial charge in [0.2, 0.25) is 5.91 Å². The van der Waals surface area contributed by atoms with E-state index in [2.05, 4.69) is 10.2 Å². The van der Waals surface area contributed by atoms with E-state index in [0.717, 1.165) is 25.8 Å². The zero-order chi connectivity index (χ0) is 19.4. The normalized spacial score (nSPS) is 15.0. The molecule has 1 saturated heterocycles. The van der Waals surface area contributed by atoms with E-state index in [1.54, 1.807) is 12.1 Å². The molecule has 1 aliphatic rings. The molecule has 1 fully saturated rings. The van der Waals surface area contributed by atoms with Gasteiger partial charge in [-0.3, -0.25) is 14.9 Å². The molecule has 0 saturated carbocycles. The second-order valence-electron chi connectivity index (χ2n) is 6.24. The molecule has 10 heteroatoms. The Balaban J connectivity index is 1.84. The van der Waals surface area contributed by atoms with Crippen molar-refractivity contribution >= 4 is 35.0 Å². The van der Waals surface area contributed by atoms with Crippen molar-refractivity contribution in [3.05, 3.63) is 39.2 Å². The Bertz CT molecular complexity index is 857. The number of benzene rings is 1. The van der Waals surface area contributed by atoms with Gasteiger partial charge in [-0.2, -0.15) is 0 Å². The van der Waals surface area contributed by atoms with Gasteiger partial charge in [-0.05, 0) is 43.7 Å². The predicted octanol–water partition coefficient (Wildman–Crippen LogP) is 3.91. The van der Waals surface area contributed by atoms with Crippen LogP contribution < -0.4 is 0 Å². The molecule has 1 aromatic carbocycles. The van der Waals surface area contributed by atoms with Crippen molar-refractivity contribution in [3.8, 4) is 0 Å². The summed E-state index contributed by atoms with van der Waals surface area (Å²) in [7, 11) is 0. The third-order valence-corrected chi connectivity index (χ3v) is 5.72. The van der Waals surface area contributed by atoms with Crippen LogP contribution in [-0.4, -0.2) is 37.0 Å². The first kappa shape index (κ1) is 19.6. The van der Waals surface area contributed by atoms with Crippen LogP contribution in [0, 0.1) is 10.1 Å². The summed E-state index contributed by atoms with van der Waals surface area (Å²) in [6, 6.07) is 4.55.